The number of likely N-dealkylation sites (N-methyl/N-ethyl adjacent to an activating group) is 1. The molecule has 6 heteroatoms. The third kappa shape index (κ3) is 5.85. The van der Waals surface area contributed by atoms with E-state index in [0.717, 1.165) is 11.3 Å². The van der Waals surface area contributed by atoms with Gasteiger partial charge in [-0.05, 0) is 37.7 Å². The molecule has 0 saturated heterocycles. The van der Waals surface area contributed by atoms with E-state index >= 15 is 0 Å². The van der Waals surface area contributed by atoms with Gasteiger partial charge in [-0.25, -0.2) is 0 Å². The minimum Gasteiger partial charge on any atom is -0.497 e. The number of ether oxygens (including phenoxy) is 1. The number of methoxy groups -OCH3 is 1. The van der Waals surface area contributed by atoms with Gasteiger partial charge in [0.05, 0.1) is 13.2 Å². The van der Waals surface area contributed by atoms with Crippen molar-refractivity contribution >= 4 is 11.8 Å². The standard InChI is InChI=1S/C18H29N3O3/c1-12(2)17(20-13(3)22)18(23)19-11-16(21(4)5)14-8-7-9-15(10-14)24-6/h7-10,12,16-17H,11H2,1-6H3,(H,19,23)(H,20,22)/t16-,17-/m1/s1. The Kier molecular flexibility index (Phi) is 7.71. The smallest absolute Gasteiger partial charge is 0.242 e. The lowest BCUT2D eigenvalue weighted by molar-refractivity contribution is -0.129. The predicted octanol–water partition coefficient (Wildman–Crippen LogP) is 1.57. The summed E-state index contributed by atoms with van der Waals surface area (Å²) in [6, 6.07) is 7.27. The van der Waals surface area contributed by atoms with E-state index in [-0.39, 0.29) is 23.8 Å². The molecular weight excluding hydrogens is 306 g/mol. The molecule has 0 heterocycles. The van der Waals surface area contributed by atoms with Gasteiger partial charge < -0.3 is 20.3 Å². The Hall–Kier alpha value is -2.08. The molecular formula is C18H29N3O3. The second-order valence-corrected chi connectivity index (χ2v) is 6.42. The van der Waals surface area contributed by atoms with Crippen molar-refractivity contribution in [2.75, 3.05) is 27.7 Å². The van der Waals surface area contributed by atoms with Crippen molar-refractivity contribution in [1.29, 1.82) is 0 Å². The van der Waals surface area contributed by atoms with Gasteiger partial charge in [0.25, 0.3) is 0 Å². The first-order valence-corrected chi connectivity index (χ1v) is 8.11. The van der Waals surface area contributed by atoms with E-state index in [0.29, 0.717) is 6.54 Å². The van der Waals surface area contributed by atoms with Crippen LogP contribution in [0.1, 0.15) is 32.4 Å². The highest BCUT2D eigenvalue weighted by Crippen LogP contribution is 2.22. The Balaban J connectivity index is 2.82. The number of hydrogen-bond donors (Lipinski definition) is 2. The van der Waals surface area contributed by atoms with Gasteiger partial charge in [0, 0.05) is 13.5 Å². The summed E-state index contributed by atoms with van der Waals surface area (Å²) in [6.07, 6.45) is 0. The molecule has 0 unspecified atom stereocenters. The van der Waals surface area contributed by atoms with Crippen LogP contribution in [0.15, 0.2) is 24.3 Å². The van der Waals surface area contributed by atoms with Gasteiger partial charge in [-0.1, -0.05) is 26.0 Å². The van der Waals surface area contributed by atoms with Crippen molar-refractivity contribution in [2.45, 2.75) is 32.9 Å². The Morgan fingerprint density at radius 2 is 1.92 bits per heavy atom. The molecule has 2 amide bonds. The normalized spacial score (nSPS) is 13.5. The largest absolute Gasteiger partial charge is 0.497 e. The fourth-order valence-electron chi connectivity index (χ4n) is 2.51. The van der Waals surface area contributed by atoms with Crippen molar-refractivity contribution in [3.63, 3.8) is 0 Å². The number of carbonyl (C=O) groups excluding carboxylic acids is 2. The third-order valence-electron chi connectivity index (χ3n) is 3.88. The first kappa shape index (κ1) is 20.0. The zero-order chi connectivity index (χ0) is 18.3. The predicted molar refractivity (Wildman–Crippen MR) is 94.9 cm³/mol. The zero-order valence-electron chi connectivity index (χ0n) is 15.4. The van der Waals surface area contributed by atoms with Gasteiger partial charge in [-0.2, -0.15) is 0 Å². The maximum atomic E-state index is 12.4. The number of carbonyl (C=O) groups is 2. The average Bonchev–Trinajstić information content (AvgIpc) is 2.52. The molecule has 0 radical (unpaired) electrons. The molecule has 0 aliphatic heterocycles. The Morgan fingerprint density at radius 1 is 1.25 bits per heavy atom. The van der Waals surface area contributed by atoms with Crippen molar-refractivity contribution in [1.82, 2.24) is 15.5 Å². The summed E-state index contributed by atoms with van der Waals surface area (Å²) in [5.41, 5.74) is 1.06. The van der Waals surface area contributed by atoms with Gasteiger partial charge in [0.2, 0.25) is 11.8 Å². The molecule has 0 fully saturated rings. The van der Waals surface area contributed by atoms with E-state index in [1.54, 1.807) is 7.11 Å². The van der Waals surface area contributed by atoms with E-state index in [9.17, 15) is 9.59 Å². The zero-order valence-corrected chi connectivity index (χ0v) is 15.4. The molecule has 0 aliphatic carbocycles. The summed E-state index contributed by atoms with van der Waals surface area (Å²) in [4.78, 5) is 25.8. The molecule has 1 aromatic rings. The minimum atomic E-state index is -0.532. The van der Waals surface area contributed by atoms with Crippen molar-refractivity contribution < 1.29 is 14.3 Å². The molecule has 0 aromatic heterocycles. The summed E-state index contributed by atoms with van der Waals surface area (Å²) in [5.74, 6) is 0.420. The van der Waals surface area contributed by atoms with Crippen LogP contribution in [0.5, 0.6) is 5.75 Å². The van der Waals surface area contributed by atoms with Crippen molar-refractivity contribution in [3.05, 3.63) is 29.8 Å². The maximum Gasteiger partial charge on any atom is 0.242 e. The molecule has 1 rings (SSSR count). The molecule has 1 aromatic carbocycles. The van der Waals surface area contributed by atoms with Gasteiger partial charge in [-0.15, -0.1) is 0 Å². The summed E-state index contributed by atoms with van der Waals surface area (Å²) < 4.78 is 5.27. The number of hydrogen-bond acceptors (Lipinski definition) is 4. The first-order valence-electron chi connectivity index (χ1n) is 8.11. The van der Waals surface area contributed by atoms with Gasteiger partial charge >= 0.3 is 0 Å². The average molecular weight is 335 g/mol. The number of amides is 2. The SMILES string of the molecule is COc1cccc([C@@H](CNC(=O)[C@H](NC(C)=O)C(C)C)N(C)C)c1. The Bertz CT molecular complexity index is 558. The van der Waals surface area contributed by atoms with E-state index in [4.69, 9.17) is 4.74 Å². The van der Waals surface area contributed by atoms with Crippen LogP contribution in [-0.4, -0.2) is 50.5 Å². The highest BCUT2D eigenvalue weighted by Gasteiger charge is 2.24. The highest BCUT2D eigenvalue weighted by atomic mass is 16.5. The van der Waals surface area contributed by atoms with E-state index in [1.807, 2.05) is 57.1 Å². The minimum absolute atomic E-state index is 0.00851. The lowest BCUT2D eigenvalue weighted by Gasteiger charge is -2.27. The summed E-state index contributed by atoms with van der Waals surface area (Å²) in [5, 5.41) is 5.66. The monoisotopic (exact) mass is 335 g/mol. The molecule has 0 saturated carbocycles. The second kappa shape index (κ2) is 9.27. The first-order chi connectivity index (χ1) is 11.3. The van der Waals surface area contributed by atoms with Crippen LogP contribution in [0.2, 0.25) is 0 Å². The molecule has 0 bridgehead atoms. The second-order valence-electron chi connectivity index (χ2n) is 6.42. The lowest BCUT2D eigenvalue weighted by Crippen LogP contribution is -2.50. The Labute approximate surface area is 144 Å². The van der Waals surface area contributed by atoms with E-state index < -0.39 is 6.04 Å². The van der Waals surface area contributed by atoms with Crippen LogP contribution < -0.4 is 15.4 Å². The van der Waals surface area contributed by atoms with Gasteiger partial charge in [0.15, 0.2) is 0 Å². The fourth-order valence-corrected chi connectivity index (χ4v) is 2.51. The quantitative estimate of drug-likeness (QED) is 0.757. The third-order valence-corrected chi connectivity index (χ3v) is 3.88. The summed E-state index contributed by atoms with van der Waals surface area (Å²) in [6.45, 7) is 5.68. The fraction of sp³-hybridized carbons (Fsp3) is 0.556. The van der Waals surface area contributed by atoms with Crippen LogP contribution in [0, 0.1) is 5.92 Å². The molecule has 2 atom stereocenters. The summed E-state index contributed by atoms with van der Waals surface area (Å²) >= 11 is 0. The number of benzene rings is 1. The van der Waals surface area contributed by atoms with Gasteiger partial charge in [0.1, 0.15) is 11.8 Å². The van der Waals surface area contributed by atoms with Crippen molar-refractivity contribution in [3.8, 4) is 5.75 Å². The topological polar surface area (TPSA) is 70.7 Å². The van der Waals surface area contributed by atoms with Crippen LogP contribution in [0.4, 0.5) is 0 Å². The molecule has 2 N–H and O–H groups in total. The van der Waals surface area contributed by atoms with Crippen LogP contribution >= 0.6 is 0 Å². The van der Waals surface area contributed by atoms with Crippen LogP contribution in [-0.2, 0) is 9.59 Å². The number of nitrogens with one attached hydrogen (secondary N) is 2. The molecule has 24 heavy (non-hydrogen) atoms. The molecule has 0 spiro atoms. The Morgan fingerprint density at radius 3 is 2.42 bits per heavy atom. The maximum absolute atomic E-state index is 12.4. The van der Waals surface area contributed by atoms with Crippen LogP contribution in [0.25, 0.3) is 0 Å². The molecule has 0 aliphatic rings. The summed E-state index contributed by atoms with van der Waals surface area (Å²) in [7, 11) is 5.56. The lowest BCUT2D eigenvalue weighted by atomic mass is 10.0. The van der Waals surface area contributed by atoms with E-state index in [1.165, 1.54) is 6.92 Å². The van der Waals surface area contributed by atoms with Gasteiger partial charge in [-0.3, -0.25) is 9.59 Å². The van der Waals surface area contributed by atoms with E-state index in [2.05, 4.69) is 10.6 Å². The number of nitrogens with zero attached hydrogens (tertiary/aromatic N) is 1. The molecule has 6 nitrogen and oxygen atoms in total. The van der Waals surface area contributed by atoms with Crippen LogP contribution in [0.3, 0.4) is 0 Å². The number of rotatable bonds is 8. The van der Waals surface area contributed by atoms with Crippen molar-refractivity contribution in [2.24, 2.45) is 5.92 Å². The highest BCUT2D eigenvalue weighted by molar-refractivity contribution is 5.87. The molecule has 134 valence electrons.